The van der Waals surface area contributed by atoms with Crippen molar-refractivity contribution in [3.63, 3.8) is 0 Å². The highest BCUT2D eigenvalue weighted by Crippen LogP contribution is 2.05. The number of hydrogen-bond acceptors (Lipinski definition) is 2. The Labute approximate surface area is 139 Å². The van der Waals surface area contributed by atoms with Gasteiger partial charge in [-0.15, -0.1) is 24.0 Å². The Balaban J connectivity index is 0.00000361. The largest absolute Gasteiger partial charge is 0.370 e. The molecule has 0 saturated carbocycles. The Hall–Kier alpha value is -0.790. The number of aryl methyl sites for hydroxylation is 2. The summed E-state index contributed by atoms with van der Waals surface area (Å²) < 4.78 is 2.04. The van der Waals surface area contributed by atoms with Gasteiger partial charge in [0.1, 0.15) is 0 Å². The molecular formula is C14H28IN5. The third-order valence-corrected chi connectivity index (χ3v) is 2.85. The number of rotatable bonds is 6. The fraction of sp³-hybridized carbons (Fsp3) is 0.714. The van der Waals surface area contributed by atoms with Crippen molar-refractivity contribution in [2.75, 3.05) is 13.1 Å². The molecule has 116 valence electrons. The van der Waals surface area contributed by atoms with E-state index in [1.165, 1.54) is 5.69 Å². The normalized spacial score (nSPS) is 13.2. The summed E-state index contributed by atoms with van der Waals surface area (Å²) >= 11 is 0. The molecule has 1 rings (SSSR count). The van der Waals surface area contributed by atoms with E-state index in [0.717, 1.165) is 25.3 Å². The summed E-state index contributed by atoms with van der Waals surface area (Å²) in [5.41, 5.74) is 8.08. The van der Waals surface area contributed by atoms with Gasteiger partial charge >= 0.3 is 0 Å². The van der Waals surface area contributed by atoms with Crippen LogP contribution < -0.4 is 11.1 Å². The molecule has 1 unspecified atom stereocenters. The average Bonchev–Trinajstić information content (AvgIpc) is 2.62. The Kier molecular flexibility index (Phi) is 8.84. The molecule has 1 aromatic rings. The molecule has 1 atom stereocenters. The van der Waals surface area contributed by atoms with E-state index < -0.39 is 0 Å². The van der Waals surface area contributed by atoms with E-state index in [0.29, 0.717) is 17.8 Å². The van der Waals surface area contributed by atoms with E-state index in [9.17, 15) is 0 Å². The van der Waals surface area contributed by atoms with Crippen molar-refractivity contribution in [1.82, 2.24) is 15.1 Å². The van der Waals surface area contributed by atoms with Gasteiger partial charge in [0.25, 0.3) is 0 Å². The number of halogens is 1. The monoisotopic (exact) mass is 393 g/mol. The first-order chi connectivity index (χ1) is 8.88. The summed E-state index contributed by atoms with van der Waals surface area (Å²) in [4.78, 5) is 4.29. The van der Waals surface area contributed by atoms with Crippen LogP contribution in [0.25, 0.3) is 0 Å². The number of aromatic nitrogens is 2. The summed E-state index contributed by atoms with van der Waals surface area (Å²) in [7, 11) is 0. The summed E-state index contributed by atoms with van der Waals surface area (Å²) in [6.45, 7) is 13.0. The van der Waals surface area contributed by atoms with Gasteiger partial charge in [-0.1, -0.05) is 20.8 Å². The summed E-state index contributed by atoms with van der Waals surface area (Å²) in [5, 5.41) is 7.64. The van der Waals surface area contributed by atoms with E-state index in [4.69, 9.17) is 5.73 Å². The standard InChI is InChI=1S/C14H27N5.HI/c1-10(2)7-16-14(15)17-8-11(3)9-19-13(5)6-12(4)18-19;/h6,10-11H,7-9H2,1-5H3,(H3,15,16,17);1H. The van der Waals surface area contributed by atoms with Crippen LogP contribution in [0, 0.1) is 25.7 Å². The molecule has 20 heavy (non-hydrogen) atoms. The average molecular weight is 393 g/mol. The molecule has 3 N–H and O–H groups in total. The lowest BCUT2D eigenvalue weighted by Gasteiger charge is -2.14. The molecule has 0 aromatic carbocycles. The minimum absolute atomic E-state index is 0. The van der Waals surface area contributed by atoms with Crippen LogP contribution in [-0.4, -0.2) is 28.8 Å². The van der Waals surface area contributed by atoms with E-state index in [-0.39, 0.29) is 24.0 Å². The van der Waals surface area contributed by atoms with Crippen molar-refractivity contribution in [2.24, 2.45) is 22.6 Å². The van der Waals surface area contributed by atoms with Crippen molar-refractivity contribution < 1.29 is 0 Å². The van der Waals surface area contributed by atoms with E-state index in [1.807, 2.05) is 11.6 Å². The third kappa shape index (κ3) is 7.12. The Morgan fingerprint density at radius 2 is 2.05 bits per heavy atom. The molecule has 6 heteroatoms. The predicted octanol–water partition coefficient (Wildman–Crippen LogP) is 2.31. The van der Waals surface area contributed by atoms with Crippen LogP contribution in [0.15, 0.2) is 11.1 Å². The quantitative estimate of drug-likeness (QED) is 0.443. The second kappa shape index (κ2) is 9.20. The van der Waals surface area contributed by atoms with Gasteiger partial charge in [-0.2, -0.15) is 5.10 Å². The van der Waals surface area contributed by atoms with Gasteiger partial charge in [0, 0.05) is 25.3 Å². The molecule has 1 heterocycles. The molecule has 0 spiro atoms. The zero-order chi connectivity index (χ0) is 14.4. The molecule has 0 aliphatic heterocycles. The SMILES string of the molecule is Cc1cc(C)n(CC(C)CNC(N)=NCC(C)C)n1.I. The molecule has 0 saturated heterocycles. The minimum atomic E-state index is 0. The highest BCUT2D eigenvalue weighted by molar-refractivity contribution is 14.0. The molecule has 0 bridgehead atoms. The zero-order valence-corrected chi connectivity index (χ0v) is 15.5. The Bertz CT molecular complexity index is 425. The second-order valence-electron chi connectivity index (χ2n) is 5.72. The molecule has 5 nitrogen and oxygen atoms in total. The molecule has 1 aromatic heterocycles. The van der Waals surface area contributed by atoms with Crippen LogP contribution >= 0.6 is 24.0 Å². The van der Waals surface area contributed by atoms with Crippen molar-refractivity contribution in [2.45, 2.75) is 41.2 Å². The van der Waals surface area contributed by atoms with Gasteiger partial charge in [0.15, 0.2) is 5.96 Å². The zero-order valence-electron chi connectivity index (χ0n) is 13.2. The molecule has 0 aliphatic rings. The molecule has 0 fully saturated rings. The number of nitrogens with one attached hydrogen (secondary N) is 1. The Morgan fingerprint density at radius 1 is 1.40 bits per heavy atom. The smallest absolute Gasteiger partial charge is 0.188 e. The summed E-state index contributed by atoms with van der Waals surface area (Å²) in [6.07, 6.45) is 0. The van der Waals surface area contributed by atoms with E-state index >= 15 is 0 Å². The van der Waals surface area contributed by atoms with Gasteiger partial charge in [-0.05, 0) is 31.7 Å². The highest BCUT2D eigenvalue weighted by atomic mass is 127. The third-order valence-electron chi connectivity index (χ3n) is 2.85. The van der Waals surface area contributed by atoms with Crippen LogP contribution in [0.5, 0.6) is 0 Å². The van der Waals surface area contributed by atoms with E-state index in [1.54, 1.807) is 0 Å². The number of nitrogens with zero attached hydrogens (tertiary/aromatic N) is 3. The van der Waals surface area contributed by atoms with Gasteiger partial charge in [0.05, 0.1) is 5.69 Å². The van der Waals surface area contributed by atoms with Crippen molar-refractivity contribution in [1.29, 1.82) is 0 Å². The molecular weight excluding hydrogens is 365 g/mol. The number of guanidine groups is 1. The first-order valence-electron chi connectivity index (χ1n) is 6.93. The van der Waals surface area contributed by atoms with Crippen molar-refractivity contribution in [3.8, 4) is 0 Å². The summed E-state index contributed by atoms with van der Waals surface area (Å²) in [6, 6.07) is 2.10. The molecule has 0 amide bonds. The van der Waals surface area contributed by atoms with Crippen LogP contribution in [0.3, 0.4) is 0 Å². The number of nitrogens with two attached hydrogens (primary N) is 1. The first kappa shape index (κ1) is 19.2. The van der Waals surface area contributed by atoms with Crippen LogP contribution in [0.4, 0.5) is 0 Å². The number of aliphatic imine (C=N–C) groups is 1. The maximum atomic E-state index is 5.81. The first-order valence-corrected chi connectivity index (χ1v) is 6.93. The summed E-state index contributed by atoms with van der Waals surface area (Å²) in [5.74, 6) is 1.52. The Morgan fingerprint density at radius 3 is 2.55 bits per heavy atom. The highest BCUT2D eigenvalue weighted by Gasteiger charge is 2.07. The minimum Gasteiger partial charge on any atom is -0.370 e. The molecule has 0 aliphatic carbocycles. The fourth-order valence-corrected chi connectivity index (χ4v) is 1.84. The fourth-order valence-electron chi connectivity index (χ4n) is 1.84. The molecule has 0 radical (unpaired) electrons. The number of hydrogen-bond donors (Lipinski definition) is 2. The second-order valence-corrected chi connectivity index (χ2v) is 5.72. The lowest BCUT2D eigenvalue weighted by atomic mass is 10.2. The predicted molar refractivity (Wildman–Crippen MR) is 95.6 cm³/mol. The van der Waals surface area contributed by atoms with Crippen molar-refractivity contribution in [3.05, 3.63) is 17.5 Å². The van der Waals surface area contributed by atoms with Crippen LogP contribution in [-0.2, 0) is 6.54 Å². The van der Waals surface area contributed by atoms with Crippen molar-refractivity contribution >= 4 is 29.9 Å². The van der Waals surface area contributed by atoms with Gasteiger partial charge < -0.3 is 11.1 Å². The van der Waals surface area contributed by atoms with E-state index in [2.05, 4.69) is 49.2 Å². The lowest BCUT2D eigenvalue weighted by Crippen LogP contribution is -2.36. The van der Waals surface area contributed by atoms with Crippen LogP contribution in [0.2, 0.25) is 0 Å². The maximum Gasteiger partial charge on any atom is 0.188 e. The lowest BCUT2D eigenvalue weighted by molar-refractivity contribution is 0.437. The van der Waals surface area contributed by atoms with Gasteiger partial charge in [-0.3, -0.25) is 9.67 Å². The van der Waals surface area contributed by atoms with Gasteiger partial charge in [0.2, 0.25) is 0 Å². The van der Waals surface area contributed by atoms with Crippen LogP contribution in [0.1, 0.15) is 32.2 Å². The van der Waals surface area contributed by atoms with Gasteiger partial charge in [-0.25, -0.2) is 0 Å². The topological polar surface area (TPSA) is 68.2 Å². The maximum absolute atomic E-state index is 5.81.